The summed E-state index contributed by atoms with van der Waals surface area (Å²) in [7, 11) is 7.17. The molecule has 0 atom stereocenters. The molecule has 0 unspecified atom stereocenters. The van der Waals surface area contributed by atoms with Crippen molar-refractivity contribution in [2.24, 2.45) is 0 Å². The molecule has 0 amide bonds. The van der Waals surface area contributed by atoms with Crippen LogP contribution in [0.1, 0.15) is 17.5 Å². The summed E-state index contributed by atoms with van der Waals surface area (Å²) >= 11 is 12.6. The summed E-state index contributed by atoms with van der Waals surface area (Å²) < 4.78 is 10.9. The maximum absolute atomic E-state index is 9.71. The van der Waals surface area contributed by atoms with E-state index in [9.17, 15) is 5.26 Å². The monoisotopic (exact) mass is 467 g/mol. The van der Waals surface area contributed by atoms with E-state index in [1.165, 1.54) is 7.11 Å². The van der Waals surface area contributed by atoms with Crippen molar-refractivity contribution in [2.45, 2.75) is 6.42 Å². The minimum Gasteiger partial charge on any atom is -0.495 e. The molecule has 0 saturated heterocycles. The van der Waals surface area contributed by atoms with Crippen LogP contribution in [0.5, 0.6) is 11.5 Å². The predicted octanol–water partition coefficient (Wildman–Crippen LogP) is 6.08. The van der Waals surface area contributed by atoms with Crippen molar-refractivity contribution < 1.29 is 9.47 Å². The van der Waals surface area contributed by atoms with Crippen LogP contribution in [0.3, 0.4) is 0 Å². The number of fused-ring (bicyclic) bond motifs is 1. The van der Waals surface area contributed by atoms with Crippen molar-refractivity contribution in [3.8, 4) is 29.4 Å². The Labute approximate surface area is 198 Å². The number of halogens is 2. The standard InChI is InChI=1S/C25H23Cl2N3O2/c1-30(2)10-6-5-7-17-11-16-8-9-18(15-28)25(19(16)12-23(17)31-3)29-22-14-24(32-4)21(27)13-20(22)26/h8-9,11-14,29H,6,10H2,1-4H3. The molecule has 0 bridgehead atoms. The van der Waals surface area contributed by atoms with Crippen molar-refractivity contribution in [3.63, 3.8) is 0 Å². The van der Waals surface area contributed by atoms with Crippen LogP contribution in [0.15, 0.2) is 36.4 Å². The van der Waals surface area contributed by atoms with Crippen LogP contribution in [0.4, 0.5) is 11.4 Å². The van der Waals surface area contributed by atoms with Crippen molar-refractivity contribution in [2.75, 3.05) is 40.2 Å². The SMILES string of the molecule is COc1cc(Nc2c(C#N)ccc3cc(C#CCCN(C)C)c(OC)cc23)c(Cl)cc1Cl. The second-order valence-electron chi connectivity index (χ2n) is 7.32. The molecule has 3 aromatic rings. The third-order valence-electron chi connectivity index (χ3n) is 4.87. The van der Waals surface area contributed by atoms with Gasteiger partial charge in [0.2, 0.25) is 0 Å². The largest absolute Gasteiger partial charge is 0.495 e. The molecule has 0 saturated carbocycles. The Morgan fingerprint density at radius 2 is 1.72 bits per heavy atom. The number of anilines is 2. The van der Waals surface area contributed by atoms with Crippen LogP contribution in [-0.4, -0.2) is 39.8 Å². The highest BCUT2D eigenvalue weighted by Crippen LogP contribution is 2.39. The number of rotatable bonds is 6. The average molecular weight is 468 g/mol. The number of nitrogens with zero attached hydrogens (tertiary/aromatic N) is 2. The first kappa shape index (κ1) is 23.6. The van der Waals surface area contributed by atoms with Crippen LogP contribution in [0.2, 0.25) is 10.0 Å². The van der Waals surface area contributed by atoms with E-state index in [1.54, 1.807) is 25.3 Å². The summed E-state index contributed by atoms with van der Waals surface area (Å²) in [6.45, 7) is 0.883. The van der Waals surface area contributed by atoms with E-state index < -0.39 is 0 Å². The summed E-state index contributed by atoms with van der Waals surface area (Å²) in [5.74, 6) is 7.50. The zero-order chi connectivity index (χ0) is 23.3. The normalized spacial score (nSPS) is 10.4. The average Bonchev–Trinajstić information content (AvgIpc) is 2.77. The first-order valence-corrected chi connectivity index (χ1v) is 10.6. The van der Waals surface area contributed by atoms with Gasteiger partial charge in [-0.25, -0.2) is 0 Å². The second-order valence-corrected chi connectivity index (χ2v) is 8.13. The van der Waals surface area contributed by atoms with Gasteiger partial charge in [0, 0.05) is 24.4 Å². The van der Waals surface area contributed by atoms with Gasteiger partial charge < -0.3 is 19.7 Å². The van der Waals surface area contributed by atoms with Gasteiger partial charge in [0.05, 0.1) is 46.8 Å². The van der Waals surface area contributed by atoms with Gasteiger partial charge >= 0.3 is 0 Å². The molecule has 164 valence electrons. The number of ether oxygens (including phenoxy) is 2. The molecule has 0 aliphatic carbocycles. The number of nitrogens with one attached hydrogen (secondary N) is 1. The Bertz CT molecular complexity index is 1250. The second kappa shape index (κ2) is 10.5. The summed E-state index contributed by atoms with van der Waals surface area (Å²) in [6.07, 6.45) is 0.755. The molecule has 0 aromatic heterocycles. The fourth-order valence-electron chi connectivity index (χ4n) is 3.20. The van der Waals surface area contributed by atoms with Crippen LogP contribution in [0, 0.1) is 23.2 Å². The fraction of sp³-hybridized carbons (Fsp3) is 0.240. The highest BCUT2D eigenvalue weighted by molar-refractivity contribution is 6.37. The van der Waals surface area contributed by atoms with Gasteiger partial charge in [-0.3, -0.25) is 0 Å². The van der Waals surface area contributed by atoms with Gasteiger partial charge in [-0.15, -0.1) is 0 Å². The lowest BCUT2D eigenvalue weighted by atomic mass is 10.0. The molecule has 0 heterocycles. The Kier molecular flexibility index (Phi) is 7.72. The highest BCUT2D eigenvalue weighted by atomic mass is 35.5. The van der Waals surface area contributed by atoms with E-state index >= 15 is 0 Å². The molecular formula is C25H23Cl2N3O2. The first-order valence-electron chi connectivity index (χ1n) is 9.86. The zero-order valence-corrected chi connectivity index (χ0v) is 19.9. The van der Waals surface area contributed by atoms with E-state index in [4.69, 9.17) is 32.7 Å². The molecule has 3 rings (SSSR count). The van der Waals surface area contributed by atoms with Gasteiger partial charge in [0.25, 0.3) is 0 Å². The molecule has 32 heavy (non-hydrogen) atoms. The highest BCUT2D eigenvalue weighted by Gasteiger charge is 2.15. The van der Waals surface area contributed by atoms with Crippen LogP contribution < -0.4 is 14.8 Å². The molecule has 0 spiro atoms. The third-order valence-corrected chi connectivity index (χ3v) is 5.48. The predicted molar refractivity (Wildman–Crippen MR) is 132 cm³/mol. The summed E-state index contributed by atoms with van der Waals surface area (Å²) in [4.78, 5) is 2.09. The van der Waals surface area contributed by atoms with E-state index in [0.29, 0.717) is 38.5 Å². The Balaban J connectivity index is 2.11. The molecule has 3 aromatic carbocycles. The Morgan fingerprint density at radius 1 is 0.969 bits per heavy atom. The Morgan fingerprint density at radius 3 is 2.38 bits per heavy atom. The number of hydrogen-bond acceptors (Lipinski definition) is 5. The lowest BCUT2D eigenvalue weighted by molar-refractivity contribution is 0.414. The third kappa shape index (κ3) is 5.21. The van der Waals surface area contributed by atoms with Crippen molar-refractivity contribution >= 4 is 45.3 Å². The number of benzene rings is 3. The van der Waals surface area contributed by atoms with Crippen molar-refractivity contribution in [1.82, 2.24) is 4.90 Å². The number of methoxy groups -OCH3 is 2. The zero-order valence-electron chi connectivity index (χ0n) is 18.3. The van der Waals surface area contributed by atoms with Crippen molar-refractivity contribution in [3.05, 3.63) is 57.6 Å². The number of hydrogen-bond donors (Lipinski definition) is 1. The molecule has 0 aliphatic rings. The van der Waals surface area contributed by atoms with Gasteiger partial charge in [-0.05, 0) is 43.7 Å². The molecule has 0 radical (unpaired) electrons. The van der Waals surface area contributed by atoms with Gasteiger partial charge in [-0.1, -0.05) is 41.1 Å². The summed E-state index contributed by atoms with van der Waals surface area (Å²) in [5, 5.41) is 15.5. The quantitative estimate of drug-likeness (QED) is 0.444. The van der Waals surface area contributed by atoms with Crippen LogP contribution in [-0.2, 0) is 0 Å². The topological polar surface area (TPSA) is 57.5 Å². The van der Waals surface area contributed by atoms with Gasteiger partial charge in [0.1, 0.15) is 17.6 Å². The lowest BCUT2D eigenvalue weighted by Gasteiger charge is -2.16. The minimum absolute atomic E-state index is 0.403. The minimum atomic E-state index is 0.403. The molecule has 1 N–H and O–H groups in total. The maximum atomic E-state index is 9.71. The summed E-state index contributed by atoms with van der Waals surface area (Å²) in [5.41, 5.74) is 2.44. The molecule has 7 heteroatoms. The smallest absolute Gasteiger partial charge is 0.139 e. The van der Waals surface area contributed by atoms with Gasteiger partial charge in [0.15, 0.2) is 0 Å². The molecule has 0 aliphatic heterocycles. The molecule has 0 fully saturated rings. The lowest BCUT2D eigenvalue weighted by Crippen LogP contribution is -2.11. The van der Waals surface area contributed by atoms with Crippen molar-refractivity contribution in [1.29, 1.82) is 5.26 Å². The van der Waals surface area contributed by atoms with E-state index in [2.05, 4.69) is 28.1 Å². The molecular weight excluding hydrogens is 445 g/mol. The molecule has 5 nitrogen and oxygen atoms in total. The first-order chi connectivity index (χ1) is 15.4. The van der Waals surface area contributed by atoms with Gasteiger partial charge in [-0.2, -0.15) is 5.26 Å². The van der Waals surface area contributed by atoms with E-state index in [1.807, 2.05) is 32.3 Å². The Hall–Kier alpha value is -3.09. The van der Waals surface area contributed by atoms with E-state index in [-0.39, 0.29) is 0 Å². The summed E-state index contributed by atoms with van der Waals surface area (Å²) in [6, 6.07) is 13.0. The van der Waals surface area contributed by atoms with Crippen LogP contribution >= 0.6 is 23.2 Å². The maximum Gasteiger partial charge on any atom is 0.139 e. The number of nitriles is 1. The van der Waals surface area contributed by atoms with E-state index in [0.717, 1.165) is 29.3 Å². The van der Waals surface area contributed by atoms with Crippen LogP contribution in [0.25, 0.3) is 10.8 Å². The fourth-order valence-corrected chi connectivity index (χ4v) is 3.71.